The van der Waals surface area contributed by atoms with Crippen LogP contribution in [0.25, 0.3) is 21.9 Å². The first kappa shape index (κ1) is 16.6. The van der Waals surface area contributed by atoms with Crippen molar-refractivity contribution < 1.29 is 13.9 Å². The van der Waals surface area contributed by atoms with Crippen molar-refractivity contribution in [1.82, 2.24) is 9.97 Å². The van der Waals surface area contributed by atoms with Crippen molar-refractivity contribution >= 4 is 56.7 Å². The number of nitrogens with one attached hydrogen (secondary N) is 1. The minimum Gasteiger partial charge on any atom is -0.493 e. The maximum absolute atomic E-state index is 12.9. The summed E-state index contributed by atoms with van der Waals surface area (Å²) in [6, 6.07) is 5.05. The molecule has 130 valence electrons. The van der Waals surface area contributed by atoms with Crippen LogP contribution < -0.4 is 10.1 Å². The van der Waals surface area contributed by atoms with Crippen LogP contribution in [0, 0.1) is 0 Å². The minimum atomic E-state index is -0.390. The van der Waals surface area contributed by atoms with Gasteiger partial charge >= 0.3 is 0 Å². The highest BCUT2D eigenvalue weighted by Gasteiger charge is 2.21. The van der Waals surface area contributed by atoms with E-state index in [1.54, 1.807) is 30.6 Å². The monoisotopic (exact) mass is 387 g/mol. The van der Waals surface area contributed by atoms with Crippen molar-refractivity contribution in [3.8, 4) is 5.75 Å². The van der Waals surface area contributed by atoms with Crippen molar-refractivity contribution in [3.63, 3.8) is 0 Å². The van der Waals surface area contributed by atoms with Crippen molar-refractivity contribution in [1.29, 1.82) is 0 Å². The Morgan fingerprint density at radius 1 is 1.12 bits per heavy atom. The molecule has 0 saturated carbocycles. The number of ether oxygens (including phenoxy) is 1. The number of hydrogen-bond acceptors (Lipinski definition) is 5. The number of pyridine rings is 2. The number of rotatable bonds is 3. The summed E-state index contributed by atoms with van der Waals surface area (Å²) in [7, 11) is 1.54. The first-order chi connectivity index (χ1) is 12.6. The van der Waals surface area contributed by atoms with Gasteiger partial charge in [0.2, 0.25) is 0 Å². The first-order valence-corrected chi connectivity index (χ1v) is 8.29. The third kappa shape index (κ3) is 2.64. The van der Waals surface area contributed by atoms with Gasteiger partial charge in [-0.05, 0) is 18.2 Å². The van der Waals surface area contributed by atoms with Gasteiger partial charge in [-0.15, -0.1) is 0 Å². The quantitative estimate of drug-likeness (QED) is 0.538. The molecule has 3 heterocycles. The number of furan rings is 1. The van der Waals surface area contributed by atoms with E-state index in [2.05, 4.69) is 15.3 Å². The average Bonchev–Trinajstić information content (AvgIpc) is 3.03. The zero-order chi connectivity index (χ0) is 18.3. The van der Waals surface area contributed by atoms with Gasteiger partial charge in [0.05, 0.1) is 28.4 Å². The normalized spacial score (nSPS) is 11.0. The van der Waals surface area contributed by atoms with Crippen LogP contribution in [0.2, 0.25) is 10.0 Å². The van der Waals surface area contributed by atoms with Crippen LogP contribution in [-0.4, -0.2) is 23.0 Å². The fraction of sp³-hybridized carbons (Fsp3) is 0.0556. The largest absolute Gasteiger partial charge is 0.493 e. The highest BCUT2D eigenvalue weighted by Crippen LogP contribution is 2.37. The molecule has 0 fully saturated rings. The van der Waals surface area contributed by atoms with Gasteiger partial charge in [-0.2, -0.15) is 0 Å². The molecule has 4 rings (SSSR count). The number of methoxy groups -OCH3 is 1. The third-order valence-electron chi connectivity index (χ3n) is 3.94. The lowest BCUT2D eigenvalue weighted by atomic mass is 10.1. The van der Waals surface area contributed by atoms with Gasteiger partial charge in [0.15, 0.2) is 11.3 Å². The number of anilines is 1. The Kier molecular flexibility index (Phi) is 4.14. The summed E-state index contributed by atoms with van der Waals surface area (Å²) in [5.74, 6) is 0.131. The van der Waals surface area contributed by atoms with E-state index in [9.17, 15) is 4.79 Å². The lowest BCUT2D eigenvalue weighted by Gasteiger charge is -2.10. The topological polar surface area (TPSA) is 77.2 Å². The van der Waals surface area contributed by atoms with Crippen molar-refractivity contribution in [3.05, 3.63) is 58.6 Å². The molecule has 6 nitrogen and oxygen atoms in total. The van der Waals surface area contributed by atoms with Gasteiger partial charge in [-0.1, -0.05) is 23.2 Å². The highest BCUT2D eigenvalue weighted by atomic mass is 35.5. The molecule has 0 aliphatic rings. The van der Waals surface area contributed by atoms with Gasteiger partial charge in [-0.25, -0.2) is 0 Å². The lowest BCUT2D eigenvalue weighted by molar-refractivity contribution is 0.102. The van der Waals surface area contributed by atoms with Crippen LogP contribution in [0.4, 0.5) is 5.69 Å². The summed E-state index contributed by atoms with van der Waals surface area (Å²) >= 11 is 12.2. The maximum atomic E-state index is 12.9. The summed E-state index contributed by atoms with van der Waals surface area (Å²) in [5, 5.41) is 4.53. The smallest absolute Gasteiger partial charge is 0.256 e. The second-order valence-electron chi connectivity index (χ2n) is 5.43. The van der Waals surface area contributed by atoms with Crippen LogP contribution in [0.1, 0.15) is 10.4 Å². The van der Waals surface area contributed by atoms with E-state index < -0.39 is 0 Å². The Hall–Kier alpha value is -2.83. The van der Waals surface area contributed by atoms with Gasteiger partial charge in [0.25, 0.3) is 5.91 Å². The van der Waals surface area contributed by atoms with Crippen molar-refractivity contribution in [2.24, 2.45) is 0 Å². The number of nitrogens with zero attached hydrogens (tertiary/aromatic N) is 2. The summed E-state index contributed by atoms with van der Waals surface area (Å²) in [5.41, 5.74) is 1.75. The van der Waals surface area contributed by atoms with Crippen molar-refractivity contribution in [2.45, 2.75) is 0 Å². The van der Waals surface area contributed by atoms with Gasteiger partial charge in [0, 0.05) is 35.6 Å². The zero-order valence-electron chi connectivity index (χ0n) is 13.4. The molecule has 1 aromatic carbocycles. The summed E-state index contributed by atoms with van der Waals surface area (Å²) in [4.78, 5) is 20.9. The third-order valence-corrected chi connectivity index (χ3v) is 4.51. The van der Waals surface area contributed by atoms with Crippen LogP contribution in [0.15, 0.2) is 47.4 Å². The van der Waals surface area contributed by atoms with E-state index in [1.807, 2.05) is 0 Å². The molecule has 0 aliphatic carbocycles. The SMILES string of the molecule is COc1ccc(C(=O)Nc2c(Cl)cncc2Cl)c2c1oc1ccncc12. The zero-order valence-corrected chi connectivity index (χ0v) is 14.9. The molecule has 0 radical (unpaired) electrons. The molecule has 0 aliphatic heterocycles. The van der Waals surface area contributed by atoms with Gasteiger partial charge < -0.3 is 14.5 Å². The molecule has 8 heteroatoms. The second-order valence-corrected chi connectivity index (χ2v) is 6.24. The Morgan fingerprint density at radius 3 is 2.62 bits per heavy atom. The van der Waals surface area contributed by atoms with E-state index in [1.165, 1.54) is 19.5 Å². The molecule has 0 unspecified atom stereocenters. The maximum Gasteiger partial charge on any atom is 0.256 e. The molecule has 26 heavy (non-hydrogen) atoms. The van der Waals surface area contributed by atoms with E-state index in [4.69, 9.17) is 32.4 Å². The summed E-state index contributed by atoms with van der Waals surface area (Å²) < 4.78 is 11.2. The minimum absolute atomic E-state index is 0.245. The van der Waals surface area contributed by atoms with Crippen LogP contribution in [0.3, 0.4) is 0 Å². The molecular weight excluding hydrogens is 377 g/mol. The molecule has 1 N–H and O–H groups in total. The van der Waals surface area contributed by atoms with Gasteiger partial charge in [0.1, 0.15) is 5.58 Å². The summed E-state index contributed by atoms with van der Waals surface area (Å²) in [6.45, 7) is 0. The molecular formula is C18H11Cl2N3O3. The van der Waals surface area contributed by atoms with E-state index >= 15 is 0 Å². The lowest BCUT2D eigenvalue weighted by Crippen LogP contribution is -2.13. The average molecular weight is 388 g/mol. The fourth-order valence-corrected chi connectivity index (χ4v) is 3.22. The van der Waals surface area contributed by atoms with E-state index in [0.717, 1.165) is 0 Å². The number of halogens is 2. The number of benzene rings is 1. The standard InChI is InChI=1S/C18H11Cl2N3O3/c1-25-14-3-2-9(15-10-6-21-5-4-13(10)26-17(14)15)18(24)23-16-11(19)7-22-8-12(16)20/h2-8H,1H3,(H,22,23,24). The van der Waals surface area contributed by atoms with Crippen LogP contribution in [-0.2, 0) is 0 Å². The molecule has 0 bridgehead atoms. The van der Waals surface area contributed by atoms with Gasteiger partial charge in [-0.3, -0.25) is 14.8 Å². The van der Waals surface area contributed by atoms with E-state index in [0.29, 0.717) is 38.9 Å². The van der Waals surface area contributed by atoms with Crippen molar-refractivity contribution in [2.75, 3.05) is 12.4 Å². The Bertz CT molecular complexity index is 1140. The number of carbonyl (C=O) groups is 1. The number of fused-ring (bicyclic) bond motifs is 3. The Balaban J connectivity index is 1.90. The first-order valence-electron chi connectivity index (χ1n) is 7.53. The summed E-state index contributed by atoms with van der Waals surface area (Å²) in [6.07, 6.45) is 6.07. The Morgan fingerprint density at radius 2 is 1.88 bits per heavy atom. The second kappa shape index (κ2) is 6.48. The molecule has 1 amide bonds. The molecule has 3 aromatic heterocycles. The van der Waals surface area contributed by atoms with E-state index in [-0.39, 0.29) is 16.0 Å². The molecule has 4 aromatic rings. The molecule has 0 saturated heterocycles. The molecule has 0 atom stereocenters. The number of hydrogen-bond donors (Lipinski definition) is 1. The fourth-order valence-electron chi connectivity index (χ4n) is 2.76. The Labute approximate surface area is 157 Å². The highest BCUT2D eigenvalue weighted by molar-refractivity contribution is 6.40. The predicted octanol–water partition coefficient (Wildman–Crippen LogP) is 4.94. The van der Waals surface area contributed by atoms with Crippen LogP contribution >= 0.6 is 23.2 Å². The number of carbonyl (C=O) groups excluding carboxylic acids is 1. The number of aromatic nitrogens is 2. The van der Waals surface area contributed by atoms with Crippen LogP contribution in [0.5, 0.6) is 5.75 Å². The predicted molar refractivity (Wildman–Crippen MR) is 100 cm³/mol. The molecule has 0 spiro atoms. The number of amides is 1.